The van der Waals surface area contributed by atoms with Gasteiger partial charge in [-0.2, -0.15) is 0 Å². The van der Waals surface area contributed by atoms with Crippen molar-refractivity contribution < 1.29 is 27.5 Å². The Morgan fingerprint density at radius 2 is 1.85 bits per heavy atom. The van der Waals surface area contributed by atoms with Gasteiger partial charge in [0.2, 0.25) is 5.91 Å². The molecule has 0 radical (unpaired) electrons. The van der Waals surface area contributed by atoms with Crippen molar-refractivity contribution in [2.45, 2.75) is 19.5 Å². The molecule has 1 aromatic carbocycles. The Morgan fingerprint density at radius 1 is 1.19 bits per heavy atom. The number of nitrogens with zero attached hydrogens (tertiary/aromatic N) is 5. The highest BCUT2D eigenvalue weighted by molar-refractivity contribution is 5.91. The molecule has 8 nitrogen and oxygen atoms in total. The van der Waals surface area contributed by atoms with E-state index in [1.54, 1.807) is 20.2 Å². The smallest absolute Gasteiger partial charge is 0.405 e. The van der Waals surface area contributed by atoms with E-state index in [-0.39, 0.29) is 36.0 Å². The first-order valence-corrected chi connectivity index (χ1v) is 7.76. The quantitative estimate of drug-likeness (QED) is 0.754. The van der Waals surface area contributed by atoms with Gasteiger partial charge in [0.05, 0.1) is 6.20 Å². The van der Waals surface area contributed by atoms with E-state index in [1.165, 1.54) is 45.9 Å². The van der Waals surface area contributed by atoms with Crippen LogP contribution in [0.1, 0.15) is 16.1 Å². The second kappa shape index (κ2) is 8.06. The summed E-state index contributed by atoms with van der Waals surface area (Å²) in [6.45, 7) is -0.214. The summed E-state index contributed by atoms with van der Waals surface area (Å²) in [5, 5.41) is 7.43. The summed E-state index contributed by atoms with van der Waals surface area (Å²) in [6, 6.07) is 5.54. The van der Waals surface area contributed by atoms with Crippen LogP contribution in [0.15, 0.2) is 30.5 Å². The molecule has 0 unspecified atom stereocenters. The molecule has 0 aliphatic carbocycles. The summed E-state index contributed by atoms with van der Waals surface area (Å²) in [4.78, 5) is 26.6. The molecule has 0 fully saturated rings. The van der Waals surface area contributed by atoms with Crippen molar-refractivity contribution in [2.24, 2.45) is 0 Å². The van der Waals surface area contributed by atoms with Gasteiger partial charge in [0.25, 0.3) is 5.91 Å². The fourth-order valence-corrected chi connectivity index (χ4v) is 2.14. The lowest BCUT2D eigenvalue weighted by atomic mass is 10.2. The van der Waals surface area contributed by atoms with Gasteiger partial charge in [-0.25, -0.2) is 4.68 Å². The molecule has 27 heavy (non-hydrogen) atoms. The number of amides is 2. The predicted octanol–water partition coefficient (Wildman–Crippen LogP) is 1.54. The lowest BCUT2D eigenvalue weighted by molar-refractivity contribution is -0.275. The van der Waals surface area contributed by atoms with Gasteiger partial charge < -0.3 is 14.5 Å². The zero-order valence-corrected chi connectivity index (χ0v) is 14.9. The fraction of sp³-hybridized carbons (Fsp3) is 0.375. The topological polar surface area (TPSA) is 80.6 Å². The standard InChI is InChI=1S/C16H18F3N5O3/c1-22(2)14(25)10-24-9-12(20-21-24)15(26)23(3)8-11-6-4-5-7-13(11)27-16(17,18)19/h4-7,9H,8,10H2,1-3H3. The first-order chi connectivity index (χ1) is 12.6. The zero-order chi connectivity index (χ0) is 20.2. The molecule has 146 valence electrons. The van der Waals surface area contributed by atoms with Crippen LogP contribution in [0, 0.1) is 0 Å². The minimum absolute atomic E-state index is 0.0294. The van der Waals surface area contributed by atoms with Crippen molar-refractivity contribution in [3.05, 3.63) is 41.7 Å². The van der Waals surface area contributed by atoms with E-state index in [1.807, 2.05) is 0 Å². The number of alkyl halides is 3. The van der Waals surface area contributed by atoms with Crippen molar-refractivity contribution in [1.29, 1.82) is 0 Å². The molecule has 0 saturated carbocycles. The third-order valence-corrected chi connectivity index (χ3v) is 3.51. The number of rotatable bonds is 6. The minimum atomic E-state index is -4.83. The molecular formula is C16H18F3N5O3. The van der Waals surface area contributed by atoms with E-state index in [0.717, 1.165) is 0 Å². The number of benzene rings is 1. The molecular weight excluding hydrogens is 367 g/mol. The lowest BCUT2D eigenvalue weighted by Crippen LogP contribution is -2.28. The molecule has 11 heteroatoms. The summed E-state index contributed by atoms with van der Waals surface area (Å²) < 4.78 is 42.7. The molecule has 2 amide bonds. The Balaban J connectivity index is 2.09. The number of ether oxygens (including phenoxy) is 1. The monoisotopic (exact) mass is 385 g/mol. The second-order valence-electron chi connectivity index (χ2n) is 5.91. The van der Waals surface area contributed by atoms with Gasteiger partial charge in [0.15, 0.2) is 5.69 Å². The number of halogens is 3. The van der Waals surface area contributed by atoms with Crippen LogP contribution >= 0.6 is 0 Å². The maximum absolute atomic E-state index is 12.5. The van der Waals surface area contributed by atoms with Crippen molar-refractivity contribution in [2.75, 3.05) is 21.1 Å². The molecule has 0 aliphatic heterocycles. The number of carbonyl (C=O) groups excluding carboxylic acids is 2. The van der Waals surface area contributed by atoms with Crippen LogP contribution in [0.2, 0.25) is 0 Å². The van der Waals surface area contributed by atoms with Gasteiger partial charge in [-0.1, -0.05) is 23.4 Å². The first kappa shape index (κ1) is 20.2. The summed E-state index contributed by atoms with van der Waals surface area (Å²) in [5.41, 5.74) is 0.152. The molecule has 1 aromatic heterocycles. The highest BCUT2D eigenvalue weighted by Gasteiger charge is 2.32. The number of aromatic nitrogens is 3. The highest BCUT2D eigenvalue weighted by Crippen LogP contribution is 2.27. The summed E-state index contributed by atoms with van der Waals surface area (Å²) >= 11 is 0. The molecule has 0 saturated heterocycles. The van der Waals surface area contributed by atoms with Crippen LogP contribution in [-0.4, -0.2) is 64.1 Å². The van der Waals surface area contributed by atoms with Crippen molar-refractivity contribution in [3.63, 3.8) is 0 Å². The molecule has 0 bridgehead atoms. The maximum Gasteiger partial charge on any atom is 0.573 e. The van der Waals surface area contributed by atoms with Gasteiger partial charge >= 0.3 is 6.36 Å². The predicted molar refractivity (Wildman–Crippen MR) is 87.6 cm³/mol. The van der Waals surface area contributed by atoms with Crippen LogP contribution in [0.3, 0.4) is 0 Å². The normalized spacial score (nSPS) is 11.2. The van der Waals surface area contributed by atoms with E-state index in [4.69, 9.17) is 0 Å². The van der Waals surface area contributed by atoms with E-state index in [2.05, 4.69) is 15.0 Å². The first-order valence-electron chi connectivity index (χ1n) is 7.76. The Kier molecular flexibility index (Phi) is 6.03. The molecule has 0 N–H and O–H groups in total. The molecule has 2 aromatic rings. The van der Waals surface area contributed by atoms with E-state index in [0.29, 0.717) is 0 Å². The highest BCUT2D eigenvalue weighted by atomic mass is 19.4. The van der Waals surface area contributed by atoms with Crippen LogP contribution in [0.5, 0.6) is 5.75 Å². The Hall–Kier alpha value is -3.11. The number of hydrogen-bond donors (Lipinski definition) is 0. The maximum atomic E-state index is 12.5. The van der Waals surface area contributed by atoms with Crippen molar-refractivity contribution in [3.8, 4) is 5.75 Å². The Bertz CT molecular complexity index is 820. The fourth-order valence-electron chi connectivity index (χ4n) is 2.14. The number of carbonyl (C=O) groups is 2. The van der Waals surface area contributed by atoms with Gasteiger partial charge in [0.1, 0.15) is 12.3 Å². The Labute approximate surface area is 153 Å². The van der Waals surface area contributed by atoms with E-state index < -0.39 is 12.3 Å². The van der Waals surface area contributed by atoms with Crippen LogP contribution in [0.25, 0.3) is 0 Å². The summed E-state index contributed by atoms with van der Waals surface area (Å²) in [6.07, 6.45) is -3.53. The van der Waals surface area contributed by atoms with Gasteiger partial charge in [-0.15, -0.1) is 18.3 Å². The zero-order valence-electron chi connectivity index (χ0n) is 14.9. The minimum Gasteiger partial charge on any atom is -0.405 e. The Morgan fingerprint density at radius 3 is 2.48 bits per heavy atom. The van der Waals surface area contributed by atoms with Crippen LogP contribution in [-0.2, 0) is 17.9 Å². The SMILES string of the molecule is CN(C)C(=O)Cn1cc(C(=O)N(C)Cc2ccccc2OC(F)(F)F)nn1. The summed E-state index contributed by atoms with van der Waals surface area (Å²) in [7, 11) is 4.58. The van der Waals surface area contributed by atoms with Crippen molar-refractivity contribution >= 4 is 11.8 Å². The van der Waals surface area contributed by atoms with Crippen molar-refractivity contribution in [1.82, 2.24) is 24.8 Å². The number of hydrogen-bond acceptors (Lipinski definition) is 5. The molecule has 0 atom stereocenters. The van der Waals surface area contributed by atoms with E-state index in [9.17, 15) is 22.8 Å². The third-order valence-electron chi connectivity index (χ3n) is 3.51. The largest absolute Gasteiger partial charge is 0.573 e. The lowest BCUT2D eigenvalue weighted by Gasteiger charge is -2.19. The molecule has 0 spiro atoms. The molecule has 1 heterocycles. The average molecular weight is 385 g/mol. The van der Waals surface area contributed by atoms with Gasteiger partial charge in [-0.05, 0) is 6.07 Å². The second-order valence-corrected chi connectivity index (χ2v) is 5.91. The number of likely N-dealkylation sites (N-methyl/N-ethyl adjacent to an activating group) is 1. The molecule has 2 rings (SSSR count). The van der Waals surface area contributed by atoms with Crippen LogP contribution in [0.4, 0.5) is 13.2 Å². The number of para-hydroxylation sites is 1. The van der Waals surface area contributed by atoms with Gasteiger partial charge in [-0.3, -0.25) is 9.59 Å². The summed E-state index contributed by atoms with van der Waals surface area (Å²) in [5.74, 6) is -1.17. The van der Waals surface area contributed by atoms with Crippen LogP contribution < -0.4 is 4.74 Å². The van der Waals surface area contributed by atoms with E-state index >= 15 is 0 Å². The third kappa shape index (κ3) is 5.69. The molecule has 0 aliphatic rings. The van der Waals surface area contributed by atoms with Gasteiger partial charge in [0, 0.05) is 33.3 Å². The average Bonchev–Trinajstić information content (AvgIpc) is 3.02.